The fraction of sp³-hybridized carbons (Fsp3) is 0.200. The summed E-state index contributed by atoms with van der Waals surface area (Å²) < 4.78 is 1.05. The summed E-state index contributed by atoms with van der Waals surface area (Å²) in [5.41, 5.74) is 4.39. The largest absolute Gasteiger partial charge is 0.273 e. The molecule has 0 spiro atoms. The summed E-state index contributed by atoms with van der Waals surface area (Å²) in [7, 11) is 0. The highest BCUT2D eigenvalue weighted by Gasteiger charge is 2.07. The lowest BCUT2D eigenvalue weighted by Gasteiger charge is -2.03. The average Bonchev–Trinajstić information content (AvgIpc) is 2.89. The van der Waals surface area contributed by atoms with Crippen molar-refractivity contribution in [2.75, 3.05) is 0 Å². The number of hydrazone groups is 1. The van der Waals surface area contributed by atoms with Crippen molar-refractivity contribution in [1.29, 1.82) is 0 Å². The van der Waals surface area contributed by atoms with Crippen LogP contribution < -0.4 is 5.43 Å². The molecule has 0 bridgehead atoms. The van der Waals surface area contributed by atoms with Crippen molar-refractivity contribution in [3.8, 4) is 0 Å². The molecule has 0 saturated carbocycles. The fourth-order valence-corrected chi connectivity index (χ4v) is 3.31. The Kier molecular flexibility index (Phi) is 5.96. The molecule has 0 unspecified atom stereocenters. The molecule has 0 saturated heterocycles. The molecule has 1 amide bonds. The Morgan fingerprint density at radius 2 is 2.00 bits per heavy atom. The zero-order valence-electron chi connectivity index (χ0n) is 11.4. The summed E-state index contributed by atoms with van der Waals surface area (Å²) in [6.45, 7) is 2.01. The molecule has 2 rings (SSSR count). The minimum absolute atomic E-state index is 0.140. The summed E-state index contributed by atoms with van der Waals surface area (Å²) in [5.74, 6) is -0.140. The maximum atomic E-state index is 11.9. The van der Waals surface area contributed by atoms with Gasteiger partial charge >= 0.3 is 0 Å². The molecule has 110 valence electrons. The molecule has 1 aromatic carbocycles. The molecule has 1 aromatic heterocycles. The van der Waals surface area contributed by atoms with Crippen LogP contribution in [-0.4, -0.2) is 11.6 Å². The summed E-state index contributed by atoms with van der Waals surface area (Å²) in [6, 6.07) is 11.2. The monoisotopic (exact) mass is 384 g/mol. The van der Waals surface area contributed by atoms with E-state index in [1.807, 2.05) is 31.2 Å². The average molecular weight is 386 g/mol. The molecule has 21 heavy (non-hydrogen) atoms. The number of hydrogen-bond acceptors (Lipinski definition) is 3. The second-order valence-electron chi connectivity index (χ2n) is 4.35. The van der Waals surface area contributed by atoms with Crippen LogP contribution in [0.5, 0.6) is 0 Å². The van der Waals surface area contributed by atoms with Gasteiger partial charge in [-0.05, 0) is 52.2 Å². The van der Waals surface area contributed by atoms with E-state index in [4.69, 9.17) is 11.6 Å². The Morgan fingerprint density at radius 3 is 2.57 bits per heavy atom. The van der Waals surface area contributed by atoms with E-state index >= 15 is 0 Å². The first kappa shape index (κ1) is 16.2. The first-order chi connectivity index (χ1) is 10.1. The molecule has 3 nitrogen and oxygen atoms in total. The van der Waals surface area contributed by atoms with Crippen LogP contribution in [0.4, 0.5) is 0 Å². The lowest BCUT2D eigenvalue weighted by molar-refractivity contribution is -0.120. The van der Waals surface area contributed by atoms with Gasteiger partial charge in [0.05, 0.1) is 20.8 Å². The van der Waals surface area contributed by atoms with Crippen molar-refractivity contribution >= 4 is 50.5 Å². The predicted molar refractivity (Wildman–Crippen MR) is 92.1 cm³/mol. The number of amides is 1. The molecule has 2 aromatic rings. The van der Waals surface area contributed by atoms with Gasteiger partial charge in [-0.1, -0.05) is 30.7 Å². The van der Waals surface area contributed by atoms with E-state index in [1.165, 1.54) is 0 Å². The molecular formula is C15H14BrClN2OS. The van der Waals surface area contributed by atoms with Gasteiger partial charge in [-0.2, -0.15) is 5.10 Å². The molecule has 1 N–H and O–H groups in total. The van der Waals surface area contributed by atoms with Crippen LogP contribution in [0.3, 0.4) is 0 Å². The summed E-state index contributed by atoms with van der Waals surface area (Å²) in [5, 5.41) is 4.88. The first-order valence-electron chi connectivity index (χ1n) is 6.44. The first-order valence-corrected chi connectivity index (χ1v) is 8.42. The minimum atomic E-state index is -0.140. The van der Waals surface area contributed by atoms with Gasteiger partial charge in [-0.3, -0.25) is 4.79 Å². The number of carbonyl (C=O) groups is 1. The van der Waals surface area contributed by atoms with Crippen LogP contribution in [-0.2, 0) is 11.2 Å². The Labute approximate surface area is 141 Å². The normalized spacial score (nSPS) is 11.5. The lowest BCUT2D eigenvalue weighted by atomic mass is 10.1. The number of benzene rings is 1. The van der Waals surface area contributed by atoms with E-state index in [0.717, 1.165) is 26.4 Å². The number of carbonyl (C=O) groups excluding carboxylic acids is 1. The number of nitrogens with zero attached hydrogens (tertiary/aromatic N) is 1. The van der Waals surface area contributed by atoms with E-state index in [9.17, 15) is 4.79 Å². The van der Waals surface area contributed by atoms with E-state index in [2.05, 4.69) is 26.5 Å². The molecule has 0 atom stereocenters. The van der Waals surface area contributed by atoms with Crippen molar-refractivity contribution in [2.24, 2.45) is 5.10 Å². The third kappa shape index (κ3) is 4.95. The third-order valence-corrected chi connectivity index (χ3v) is 4.71. The Hall–Kier alpha value is -1.17. The number of hydrogen-bond donors (Lipinski definition) is 1. The fourth-order valence-electron chi connectivity index (χ4n) is 1.73. The molecule has 0 fully saturated rings. The van der Waals surface area contributed by atoms with Crippen molar-refractivity contribution < 1.29 is 4.79 Å². The van der Waals surface area contributed by atoms with E-state index < -0.39 is 0 Å². The highest BCUT2D eigenvalue weighted by Crippen LogP contribution is 2.23. The molecule has 6 heteroatoms. The number of nitrogens with one attached hydrogen (secondary N) is 1. The van der Waals surface area contributed by atoms with E-state index in [1.54, 1.807) is 23.5 Å². The van der Waals surface area contributed by atoms with Crippen LogP contribution in [0.1, 0.15) is 23.8 Å². The van der Waals surface area contributed by atoms with Crippen LogP contribution in [0.2, 0.25) is 5.02 Å². The van der Waals surface area contributed by atoms with Gasteiger partial charge in [0.2, 0.25) is 5.91 Å². The van der Waals surface area contributed by atoms with Gasteiger partial charge < -0.3 is 0 Å². The standard InChI is InChI=1S/C15H14BrClN2OS/c1-2-12(13-7-8-14(16)21-13)18-19-15(20)9-10-3-5-11(17)6-4-10/h3-8H,2,9H2,1H3,(H,19,20). The summed E-state index contributed by atoms with van der Waals surface area (Å²) in [4.78, 5) is 12.9. The maximum Gasteiger partial charge on any atom is 0.244 e. The van der Waals surface area contributed by atoms with Crippen molar-refractivity contribution in [3.05, 3.63) is 55.6 Å². The van der Waals surface area contributed by atoms with Gasteiger partial charge in [0, 0.05) is 5.02 Å². The third-order valence-electron chi connectivity index (χ3n) is 2.79. The topological polar surface area (TPSA) is 41.5 Å². The van der Waals surface area contributed by atoms with Gasteiger partial charge in [0.1, 0.15) is 0 Å². The molecule has 0 aliphatic heterocycles. The van der Waals surface area contributed by atoms with Gasteiger partial charge in [0.15, 0.2) is 0 Å². The second kappa shape index (κ2) is 7.73. The molecule has 1 heterocycles. The number of halogens is 2. The highest BCUT2D eigenvalue weighted by molar-refractivity contribution is 9.11. The van der Waals surface area contributed by atoms with Crippen LogP contribution in [0.15, 0.2) is 45.3 Å². The van der Waals surface area contributed by atoms with Gasteiger partial charge in [-0.25, -0.2) is 5.43 Å². The summed E-state index contributed by atoms with van der Waals surface area (Å²) in [6.07, 6.45) is 1.04. The molecular weight excluding hydrogens is 372 g/mol. The predicted octanol–water partition coefficient (Wildman–Crippen LogP) is 4.64. The number of thiophene rings is 1. The molecule has 0 aliphatic rings. The van der Waals surface area contributed by atoms with Crippen LogP contribution >= 0.6 is 38.9 Å². The van der Waals surface area contributed by atoms with Crippen LogP contribution in [0.25, 0.3) is 0 Å². The minimum Gasteiger partial charge on any atom is -0.273 e. The van der Waals surface area contributed by atoms with Crippen molar-refractivity contribution in [3.63, 3.8) is 0 Å². The zero-order valence-corrected chi connectivity index (χ0v) is 14.6. The second-order valence-corrected chi connectivity index (χ2v) is 7.25. The van der Waals surface area contributed by atoms with Crippen LogP contribution in [0, 0.1) is 0 Å². The molecule has 0 radical (unpaired) electrons. The smallest absolute Gasteiger partial charge is 0.244 e. The van der Waals surface area contributed by atoms with Gasteiger partial charge in [0.25, 0.3) is 0 Å². The summed E-state index contributed by atoms with van der Waals surface area (Å²) >= 11 is 10.8. The Morgan fingerprint density at radius 1 is 1.29 bits per heavy atom. The maximum absolute atomic E-state index is 11.9. The Bertz CT molecular complexity index is 652. The SMILES string of the molecule is CCC(=NNC(=O)Cc1ccc(Cl)cc1)c1ccc(Br)s1. The Balaban J connectivity index is 1.98. The van der Waals surface area contributed by atoms with E-state index in [-0.39, 0.29) is 12.3 Å². The van der Waals surface area contributed by atoms with Crippen molar-refractivity contribution in [1.82, 2.24) is 5.43 Å². The highest BCUT2D eigenvalue weighted by atomic mass is 79.9. The van der Waals surface area contributed by atoms with E-state index in [0.29, 0.717) is 5.02 Å². The molecule has 0 aliphatic carbocycles. The zero-order chi connectivity index (χ0) is 15.2. The van der Waals surface area contributed by atoms with Crippen molar-refractivity contribution in [2.45, 2.75) is 19.8 Å². The number of rotatable bonds is 5. The van der Waals surface area contributed by atoms with Gasteiger partial charge in [-0.15, -0.1) is 11.3 Å². The quantitative estimate of drug-likeness (QED) is 0.591. The lowest BCUT2D eigenvalue weighted by Crippen LogP contribution is -2.21.